The van der Waals surface area contributed by atoms with Gasteiger partial charge in [0.1, 0.15) is 19.3 Å². The van der Waals surface area contributed by atoms with Crippen LogP contribution in [-0.4, -0.2) is 54.9 Å². The Balaban J connectivity index is 2.16. The molecule has 6 N–H and O–H groups in total. The van der Waals surface area contributed by atoms with Crippen LogP contribution in [0.15, 0.2) is 11.1 Å². The molecule has 114 valence electrons. The minimum Gasteiger partial charge on any atom is -0.458 e. The summed E-state index contributed by atoms with van der Waals surface area (Å²) in [5, 5.41) is 38.4. The standard InChI is InChI=1S/C11H14N4O6/c1-14-3-15(8-5(14)9(19)13-11(20)12-8)10-7(18)6(17)4(2-16)21-10/h3-4,6-7,10,16-18H,2H2,1H3,(H-,12,13,19,20)/p+2. The quantitative estimate of drug-likeness (QED) is 0.361. The van der Waals surface area contributed by atoms with Crippen LogP contribution >= 0.6 is 0 Å². The Morgan fingerprint density at radius 1 is 1.48 bits per heavy atom. The summed E-state index contributed by atoms with van der Waals surface area (Å²) in [6.07, 6.45) is -2.98. The number of aromatic nitrogens is 4. The molecule has 3 heterocycles. The van der Waals surface area contributed by atoms with Crippen LogP contribution in [0.3, 0.4) is 0 Å². The maximum atomic E-state index is 11.9. The Morgan fingerprint density at radius 3 is 2.81 bits per heavy atom. The average molecular weight is 300 g/mol. The number of imidazole rings is 1. The van der Waals surface area contributed by atoms with E-state index in [1.165, 1.54) is 15.5 Å². The maximum absolute atomic E-state index is 11.9. The second kappa shape index (κ2) is 4.77. The van der Waals surface area contributed by atoms with E-state index < -0.39 is 42.7 Å². The number of aromatic hydroxyl groups is 1. The predicted octanol–water partition coefficient (Wildman–Crippen LogP) is -3.71. The summed E-state index contributed by atoms with van der Waals surface area (Å²) in [5.74, 6) is 0. The summed E-state index contributed by atoms with van der Waals surface area (Å²) in [6.45, 7) is -0.449. The highest BCUT2D eigenvalue weighted by molar-refractivity contribution is 5.62. The highest BCUT2D eigenvalue weighted by atomic mass is 16.6. The molecule has 0 aromatic carbocycles. The number of H-pyrrole nitrogens is 2. The van der Waals surface area contributed by atoms with Crippen molar-refractivity contribution >= 4 is 11.2 Å². The first-order valence-corrected chi connectivity index (χ1v) is 6.31. The molecule has 0 aliphatic carbocycles. The second-order valence-corrected chi connectivity index (χ2v) is 4.99. The van der Waals surface area contributed by atoms with Crippen LogP contribution in [0.25, 0.3) is 11.2 Å². The van der Waals surface area contributed by atoms with E-state index in [1.54, 1.807) is 7.05 Å². The zero-order chi connectivity index (χ0) is 15.3. The third-order valence-corrected chi connectivity index (χ3v) is 3.61. The molecule has 21 heavy (non-hydrogen) atoms. The molecule has 10 heteroatoms. The molecule has 0 spiro atoms. The normalized spacial score (nSPS) is 29.3. The zero-order valence-electron chi connectivity index (χ0n) is 11.1. The van der Waals surface area contributed by atoms with Crippen molar-refractivity contribution in [1.29, 1.82) is 0 Å². The number of aliphatic hydroxyl groups excluding tert-OH is 3. The highest BCUT2D eigenvalue weighted by Gasteiger charge is 2.49. The van der Waals surface area contributed by atoms with E-state index in [9.17, 15) is 20.1 Å². The molecule has 4 unspecified atom stereocenters. The first-order valence-electron chi connectivity index (χ1n) is 6.31. The van der Waals surface area contributed by atoms with Crippen LogP contribution < -0.4 is 15.1 Å². The zero-order valence-corrected chi connectivity index (χ0v) is 11.1. The number of nitrogens with zero attached hydrogens (tertiary/aromatic N) is 2. The van der Waals surface area contributed by atoms with Gasteiger partial charge in [0.15, 0.2) is 6.10 Å². The van der Waals surface area contributed by atoms with Gasteiger partial charge in [-0.25, -0.2) is 4.98 Å². The molecule has 1 fully saturated rings. The van der Waals surface area contributed by atoms with E-state index in [0.717, 1.165) is 0 Å². The van der Waals surface area contributed by atoms with Crippen molar-refractivity contribution in [3.63, 3.8) is 0 Å². The largest absolute Gasteiger partial charge is 0.458 e. The van der Waals surface area contributed by atoms with Gasteiger partial charge < -0.3 is 25.2 Å². The molecule has 0 amide bonds. The Labute approximate surface area is 117 Å². The lowest BCUT2D eigenvalue weighted by Gasteiger charge is -2.09. The van der Waals surface area contributed by atoms with Crippen molar-refractivity contribution in [2.75, 3.05) is 6.61 Å². The third kappa shape index (κ3) is 2.00. The smallest absolute Gasteiger partial charge is 0.406 e. The minimum absolute atomic E-state index is 0.216. The average Bonchev–Trinajstić information content (AvgIpc) is 2.89. The molecule has 0 bridgehead atoms. The lowest BCUT2D eigenvalue weighted by molar-refractivity contribution is -0.768. The number of hydrogen-bond acceptors (Lipinski definition) is 6. The van der Waals surface area contributed by atoms with Gasteiger partial charge in [0.25, 0.3) is 6.23 Å². The maximum Gasteiger partial charge on any atom is 0.406 e. The Morgan fingerprint density at radius 2 is 2.19 bits per heavy atom. The van der Waals surface area contributed by atoms with E-state index in [2.05, 4.69) is 9.97 Å². The van der Waals surface area contributed by atoms with Crippen LogP contribution in [0.1, 0.15) is 6.23 Å². The Kier molecular flexibility index (Phi) is 3.17. The fraction of sp³-hybridized carbons (Fsp3) is 0.545. The second-order valence-electron chi connectivity index (χ2n) is 4.99. The monoisotopic (exact) mass is 300 g/mol. The van der Waals surface area contributed by atoms with Gasteiger partial charge in [0.05, 0.1) is 6.61 Å². The van der Waals surface area contributed by atoms with Gasteiger partial charge in [0.2, 0.25) is 0 Å². The number of fused-ring (bicyclic) bond motifs is 1. The van der Waals surface area contributed by atoms with Gasteiger partial charge in [0, 0.05) is 0 Å². The van der Waals surface area contributed by atoms with Gasteiger partial charge >= 0.3 is 29.1 Å². The molecule has 3 rings (SSSR count). The molecule has 2 aromatic rings. The number of aryl methyl sites for hydroxylation is 1. The highest BCUT2D eigenvalue weighted by Crippen LogP contribution is 2.25. The van der Waals surface area contributed by atoms with Crippen molar-refractivity contribution < 1.29 is 34.7 Å². The third-order valence-electron chi connectivity index (χ3n) is 3.61. The molecule has 2 aromatic heterocycles. The molecular weight excluding hydrogens is 284 g/mol. The molecule has 0 radical (unpaired) electrons. The topological polar surface area (TPSA) is 146 Å². The van der Waals surface area contributed by atoms with Gasteiger partial charge in [-0.1, -0.05) is 0 Å². The summed E-state index contributed by atoms with van der Waals surface area (Å²) in [5.41, 5.74) is -0.0756. The molecule has 4 atom stereocenters. The number of aliphatic hydroxyl groups is 3. The molecule has 0 saturated carbocycles. The number of aromatic amines is 2. The van der Waals surface area contributed by atoms with Crippen molar-refractivity contribution in [3.05, 3.63) is 16.7 Å². The minimum atomic E-state index is -1.28. The van der Waals surface area contributed by atoms with Gasteiger partial charge in [-0.2, -0.15) is 9.55 Å². The van der Waals surface area contributed by atoms with E-state index in [1.807, 2.05) is 0 Å². The van der Waals surface area contributed by atoms with E-state index in [4.69, 9.17) is 9.84 Å². The van der Waals surface area contributed by atoms with Crippen LogP contribution in [0, 0.1) is 0 Å². The number of rotatable bonds is 2. The van der Waals surface area contributed by atoms with Crippen molar-refractivity contribution in [3.8, 4) is 6.01 Å². The number of hydrogen-bond donors (Lipinski definition) is 5. The first-order chi connectivity index (χ1) is 9.93. The van der Waals surface area contributed by atoms with Gasteiger partial charge in [-0.05, 0) is 0 Å². The summed E-state index contributed by atoms with van der Waals surface area (Å²) in [7, 11) is 1.61. The molecule has 1 aliphatic rings. The fourth-order valence-electron chi connectivity index (χ4n) is 2.60. The van der Waals surface area contributed by atoms with Crippen LogP contribution in [0.2, 0.25) is 0 Å². The van der Waals surface area contributed by atoms with E-state index in [-0.39, 0.29) is 11.2 Å². The van der Waals surface area contributed by atoms with E-state index >= 15 is 0 Å². The van der Waals surface area contributed by atoms with Crippen molar-refractivity contribution in [2.45, 2.75) is 24.5 Å². The van der Waals surface area contributed by atoms with Crippen LogP contribution in [0.4, 0.5) is 0 Å². The predicted molar refractivity (Wildman–Crippen MR) is 65.0 cm³/mol. The summed E-state index contributed by atoms with van der Waals surface area (Å²) >= 11 is 0. The molecular formula is C11H16N4O6+2. The fourth-order valence-corrected chi connectivity index (χ4v) is 2.60. The molecule has 1 aliphatic heterocycles. The van der Waals surface area contributed by atoms with E-state index in [0.29, 0.717) is 0 Å². The molecule has 10 nitrogen and oxygen atoms in total. The molecule has 1 saturated heterocycles. The first kappa shape index (κ1) is 13.9. The summed E-state index contributed by atoms with van der Waals surface area (Å²) in [4.78, 5) is 16.6. The number of ether oxygens (including phenoxy) is 1. The Bertz CT molecular complexity index is 740. The lowest BCUT2D eigenvalue weighted by atomic mass is 10.1. The lowest BCUT2D eigenvalue weighted by Crippen LogP contribution is -2.48. The Hall–Kier alpha value is -2.01. The number of nitrogens with one attached hydrogen (secondary N) is 2. The van der Waals surface area contributed by atoms with Crippen LogP contribution in [-0.2, 0) is 11.8 Å². The SMILES string of the molecule is Cn1c[n+](C2OC(CO)C(O)C2O)c2[nH+]c(O)[nH]c(=O)c21. The van der Waals surface area contributed by atoms with Crippen molar-refractivity contribution in [1.82, 2.24) is 9.55 Å². The summed E-state index contributed by atoms with van der Waals surface area (Å²) in [6, 6.07) is -0.445. The van der Waals surface area contributed by atoms with Gasteiger partial charge in [-0.3, -0.25) is 4.79 Å². The van der Waals surface area contributed by atoms with Gasteiger partial charge in [-0.15, -0.1) is 4.57 Å². The van der Waals surface area contributed by atoms with Crippen LogP contribution in [0.5, 0.6) is 6.01 Å². The summed E-state index contributed by atoms with van der Waals surface area (Å²) < 4.78 is 8.28. The van der Waals surface area contributed by atoms with Crippen molar-refractivity contribution in [2.24, 2.45) is 7.05 Å².